The number of nitrogens with zero attached hydrogens (tertiary/aromatic N) is 11. The molecule has 1 N–H and O–H groups in total. The van der Waals surface area contributed by atoms with E-state index in [1.807, 2.05) is 24.5 Å². The van der Waals surface area contributed by atoms with Crippen molar-refractivity contribution in [2.45, 2.75) is 76.4 Å². The van der Waals surface area contributed by atoms with Crippen LogP contribution >= 0.6 is 0 Å². The lowest BCUT2D eigenvalue weighted by molar-refractivity contribution is -0.126. The van der Waals surface area contributed by atoms with E-state index in [1.165, 1.54) is 56.7 Å². The van der Waals surface area contributed by atoms with Crippen molar-refractivity contribution in [3.8, 4) is 0 Å². The zero-order valence-corrected chi connectivity index (χ0v) is 38.5. The zero-order valence-electron chi connectivity index (χ0n) is 38.5. The van der Waals surface area contributed by atoms with Gasteiger partial charge in [0.15, 0.2) is 0 Å². The van der Waals surface area contributed by atoms with Crippen LogP contribution in [0.2, 0.25) is 0 Å². The number of anilines is 2. The number of carbonyl (C=O) groups is 3. The van der Waals surface area contributed by atoms with E-state index in [0.717, 1.165) is 124 Å². The molecule has 0 radical (unpaired) electrons. The van der Waals surface area contributed by atoms with E-state index in [2.05, 4.69) is 65.2 Å². The summed E-state index contributed by atoms with van der Waals surface area (Å²) in [5, 5.41) is 3.75. The summed E-state index contributed by atoms with van der Waals surface area (Å²) in [5.74, 6) is 1.34. The quantitative estimate of drug-likeness (QED) is 0.214. The fourth-order valence-electron chi connectivity index (χ4n) is 11.2. The second-order valence-electron chi connectivity index (χ2n) is 19.6. The molecule has 15 nitrogen and oxygen atoms in total. The molecule has 15 heteroatoms. The number of benzene rings is 1. The van der Waals surface area contributed by atoms with Gasteiger partial charge in [-0.2, -0.15) is 0 Å². The Morgan fingerprint density at radius 1 is 0.785 bits per heavy atom. The number of piperidine rings is 2. The average Bonchev–Trinajstić information content (AvgIpc) is 4.07. The van der Waals surface area contributed by atoms with Crippen molar-refractivity contribution in [2.24, 2.45) is 5.92 Å². The third-order valence-corrected chi connectivity index (χ3v) is 15.1. The molecule has 1 unspecified atom stereocenters. The Bertz CT molecular complexity index is 2390. The standard InChI is InChI=1S/C50H66N12O3/c1-35-8-13-44(48(63)53-35)61-34-38-28-41(11-12-43(38)49(61)64)59-26-22-58(23-27-59)33-36-14-16-56(17-15-36)18-19-57-20-24-60(25-21-57)42-10-9-39(51-32-42)30-46-52-31-37-29-45(50(65)55(2)3)62(47(37)54-46)40-6-4-5-7-40/h9-12,28-29,31-32,36,40,44H,1,4-8,13-27,30,33-34H2,2-3H3,(H,53,63). The lowest BCUT2D eigenvalue weighted by Crippen LogP contribution is -2.50. The van der Waals surface area contributed by atoms with Gasteiger partial charge in [0, 0.05) is 133 Å². The van der Waals surface area contributed by atoms with Gasteiger partial charge in [-0.15, -0.1) is 0 Å². The normalized spacial score (nSPS) is 22.0. The van der Waals surface area contributed by atoms with Crippen molar-refractivity contribution in [3.63, 3.8) is 0 Å². The molecule has 3 aromatic heterocycles. The highest BCUT2D eigenvalue weighted by Gasteiger charge is 2.38. The van der Waals surface area contributed by atoms with Crippen molar-refractivity contribution in [2.75, 3.05) is 109 Å². The Hall–Kier alpha value is -5.38. The van der Waals surface area contributed by atoms with Crippen molar-refractivity contribution in [3.05, 3.63) is 89.4 Å². The molecule has 8 heterocycles. The summed E-state index contributed by atoms with van der Waals surface area (Å²) in [6.45, 7) is 18.4. The molecule has 0 spiro atoms. The number of hydrogen-bond donors (Lipinski definition) is 1. The highest BCUT2D eigenvalue weighted by atomic mass is 16.2. The zero-order chi connectivity index (χ0) is 44.6. The molecule has 1 aromatic carbocycles. The van der Waals surface area contributed by atoms with Crippen LogP contribution in [0.5, 0.6) is 0 Å². The van der Waals surface area contributed by atoms with Gasteiger partial charge < -0.3 is 34.4 Å². The number of fused-ring (bicyclic) bond motifs is 2. The van der Waals surface area contributed by atoms with E-state index in [1.54, 1.807) is 23.9 Å². The third-order valence-electron chi connectivity index (χ3n) is 15.1. The van der Waals surface area contributed by atoms with Gasteiger partial charge in [0.2, 0.25) is 5.91 Å². The maximum Gasteiger partial charge on any atom is 0.270 e. The number of carbonyl (C=O) groups excluding carboxylic acids is 3. The minimum absolute atomic E-state index is 0.00830. The maximum absolute atomic E-state index is 13.2. The van der Waals surface area contributed by atoms with Gasteiger partial charge in [-0.25, -0.2) is 9.97 Å². The summed E-state index contributed by atoms with van der Waals surface area (Å²) in [6, 6.07) is 12.4. The summed E-state index contributed by atoms with van der Waals surface area (Å²) in [4.78, 5) is 69.8. The molecule has 3 amide bonds. The SMILES string of the molecule is C=C1CCC(N2Cc3cc(N4CCN(CC5CCN(CCN6CCN(c7ccc(Cc8ncc9cc(C(=O)N(C)C)n(C%10CCCC%10)c9n8)nc7)CC6)CC5)CC4)ccc3C2=O)C(=O)N1. The molecule has 344 valence electrons. The van der Waals surface area contributed by atoms with Crippen LogP contribution in [0, 0.1) is 5.92 Å². The van der Waals surface area contributed by atoms with Crippen molar-refractivity contribution in [1.29, 1.82) is 0 Å². The van der Waals surface area contributed by atoms with E-state index in [4.69, 9.17) is 15.0 Å². The van der Waals surface area contributed by atoms with E-state index >= 15 is 0 Å². The number of aromatic nitrogens is 4. The molecule has 10 rings (SSSR count). The molecule has 5 fully saturated rings. The minimum Gasteiger partial charge on any atom is -0.369 e. The highest BCUT2D eigenvalue weighted by molar-refractivity contribution is 6.02. The number of likely N-dealkylation sites (tertiary alicyclic amines) is 1. The van der Waals surface area contributed by atoms with Crippen LogP contribution in [-0.4, -0.2) is 167 Å². The maximum atomic E-state index is 13.2. The van der Waals surface area contributed by atoms with Gasteiger partial charge in [-0.05, 0) is 99.5 Å². The summed E-state index contributed by atoms with van der Waals surface area (Å²) in [5.41, 5.74) is 7.35. The molecular formula is C50H66N12O3. The number of hydrogen-bond acceptors (Lipinski definition) is 11. The predicted molar refractivity (Wildman–Crippen MR) is 253 cm³/mol. The molecule has 4 aromatic rings. The van der Waals surface area contributed by atoms with Crippen LogP contribution in [0.3, 0.4) is 0 Å². The van der Waals surface area contributed by atoms with Crippen molar-refractivity contribution in [1.82, 2.24) is 49.3 Å². The van der Waals surface area contributed by atoms with Crippen LogP contribution in [0.25, 0.3) is 11.0 Å². The van der Waals surface area contributed by atoms with E-state index in [0.29, 0.717) is 37.5 Å². The van der Waals surface area contributed by atoms with E-state index in [9.17, 15) is 14.4 Å². The first kappa shape index (κ1) is 43.5. The fraction of sp³-hybridized carbons (Fsp3) is 0.560. The van der Waals surface area contributed by atoms with E-state index in [-0.39, 0.29) is 17.7 Å². The second-order valence-corrected chi connectivity index (χ2v) is 19.6. The fourth-order valence-corrected chi connectivity index (χ4v) is 11.2. The summed E-state index contributed by atoms with van der Waals surface area (Å²) >= 11 is 0. The van der Waals surface area contributed by atoms with Crippen LogP contribution in [0.1, 0.15) is 95.3 Å². The molecule has 1 atom stereocenters. The van der Waals surface area contributed by atoms with Crippen LogP contribution in [0.15, 0.2) is 61.1 Å². The van der Waals surface area contributed by atoms with Crippen molar-refractivity contribution < 1.29 is 14.4 Å². The second kappa shape index (κ2) is 18.8. The van der Waals surface area contributed by atoms with Gasteiger partial charge in [0.1, 0.15) is 23.2 Å². The Morgan fingerprint density at radius 3 is 2.17 bits per heavy atom. The third kappa shape index (κ3) is 9.37. The Labute approximate surface area is 383 Å². The molecule has 5 aliphatic heterocycles. The molecule has 0 bridgehead atoms. The first-order chi connectivity index (χ1) is 31.6. The number of allylic oxidation sites excluding steroid dienone is 1. The van der Waals surface area contributed by atoms with Gasteiger partial charge in [0.05, 0.1) is 18.3 Å². The number of rotatable bonds is 12. The number of nitrogens with one attached hydrogen (secondary N) is 1. The highest BCUT2D eigenvalue weighted by Crippen LogP contribution is 2.35. The van der Waals surface area contributed by atoms with Crippen molar-refractivity contribution >= 4 is 40.1 Å². The molecular weight excluding hydrogens is 817 g/mol. The molecule has 1 aliphatic carbocycles. The molecule has 65 heavy (non-hydrogen) atoms. The van der Waals surface area contributed by atoms with Gasteiger partial charge >= 0.3 is 0 Å². The van der Waals surface area contributed by atoms with Gasteiger partial charge in [0.25, 0.3) is 11.8 Å². The summed E-state index contributed by atoms with van der Waals surface area (Å²) < 4.78 is 2.18. The predicted octanol–water partition coefficient (Wildman–Crippen LogP) is 4.64. The van der Waals surface area contributed by atoms with Gasteiger partial charge in [-0.1, -0.05) is 19.4 Å². The first-order valence-electron chi connectivity index (χ1n) is 24.3. The van der Waals surface area contributed by atoms with Crippen LogP contribution in [-0.2, 0) is 17.8 Å². The van der Waals surface area contributed by atoms with Gasteiger partial charge in [-0.3, -0.25) is 29.2 Å². The number of piperazine rings is 2. The van der Waals surface area contributed by atoms with Crippen LogP contribution < -0.4 is 15.1 Å². The summed E-state index contributed by atoms with van der Waals surface area (Å²) in [7, 11) is 3.61. The molecule has 1 saturated carbocycles. The lowest BCUT2D eigenvalue weighted by Gasteiger charge is -2.40. The molecule has 4 saturated heterocycles. The number of amides is 3. The number of pyridine rings is 1. The first-order valence-corrected chi connectivity index (χ1v) is 24.3. The average molecular weight is 883 g/mol. The lowest BCUT2D eigenvalue weighted by atomic mass is 9.96. The molecule has 6 aliphatic rings. The Morgan fingerprint density at radius 2 is 1.48 bits per heavy atom. The van der Waals surface area contributed by atoms with Crippen LogP contribution in [0.4, 0.5) is 11.4 Å². The monoisotopic (exact) mass is 883 g/mol. The Kier molecular flexibility index (Phi) is 12.6. The largest absolute Gasteiger partial charge is 0.369 e. The van der Waals surface area contributed by atoms with E-state index < -0.39 is 6.04 Å². The Balaban J connectivity index is 0.633. The topological polar surface area (TPSA) is 130 Å². The minimum atomic E-state index is -0.424. The smallest absolute Gasteiger partial charge is 0.270 e. The summed E-state index contributed by atoms with van der Waals surface area (Å²) in [6.07, 6.45) is 12.8.